The minimum atomic E-state index is -0.0955. The van der Waals surface area contributed by atoms with Crippen molar-refractivity contribution in [1.82, 2.24) is 24.3 Å². The molecular formula is C19H21N5O2. The molecule has 0 aromatic carbocycles. The summed E-state index contributed by atoms with van der Waals surface area (Å²) in [6.45, 7) is 4.19. The van der Waals surface area contributed by atoms with Crippen molar-refractivity contribution in [1.29, 1.82) is 0 Å². The van der Waals surface area contributed by atoms with Gasteiger partial charge in [0, 0.05) is 43.8 Å². The van der Waals surface area contributed by atoms with Crippen LogP contribution in [-0.2, 0) is 11.2 Å². The Hall–Kier alpha value is -2.80. The van der Waals surface area contributed by atoms with Crippen LogP contribution in [0.2, 0.25) is 0 Å². The van der Waals surface area contributed by atoms with Crippen LogP contribution in [0.5, 0.6) is 0 Å². The zero-order chi connectivity index (χ0) is 17.9. The normalized spacial score (nSPS) is 18.0. The van der Waals surface area contributed by atoms with Gasteiger partial charge in [-0.25, -0.2) is 4.98 Å². The van der Waals surface area contributed by atoms with E-state index in [1.165, 1.54) is 0 Å². The molecule has 0 unspecified atom stereocenters. The molecule has 4 rings (SSSR count). The number of amides is 1. The SMILES string of the molecule is Cc1cnc(C(=O)N2CCOC[C@H](Cc3nccn4cccc34)C2)cn1. The largest absolute Gasteiger partial charge is 0.379 e. The molecule has 0 N–H and O–H groups in total. The number of nitrogens with zero attached hydrogens (tertiary/aromatic N) is 5. The molecule has 0 aliphatic carbocycles. The molecule has 0 bridgehead atoms. The number of aryl methyl sites for hydroxylation is 1. The Balaban J connectivity index is 1.51. The minimum absolute atomic E-state index is 0.0955. The topological polar surface area (TPSA) is 72.6 Å². The second kappa shape index (κ2) is 7.21. The van der Waals surface area contributed by atoms with Crippen LogP contribution in [0.4, 0.5) is 0 Å². The van der Waals surface area contributed by atoms with E-state index in [0.717, 1.165) is 23.3 Å². The first-order valence-electron chi connectivity index (χ1n) is 8.77. The summed E-state index contributed by atoms with van der Waals surface area (Å²) in [5.74, 6) is 0.0929. The van der Waals surface area contributed by atoms with E-state index in [-0.39, 0.29) is 11.8 Å². The molecule has 1 aliphatic rings. The lowest BCUT2D eigenvalue weighted by molar-refractivity contribution is 0.0731. The Morgan fingerprint density at radius 3 is 3.04 bits per heavy atom. The predicted octanol–water partition coefficient (Wildman–Crippen LogP) is 1.76. The number of ether oxygens (including phenoxy) is 1. The molecule has 7 nitrogen and oxygen atoms in total. The van der Waals surface area contributed by atoms with Gasteiger partial charge in [-0.1, -0.05) is 0 Å². The van der Waals surface area contributed by atoms with Gasteiger partial charge in [0.15, 0.2) is 0 Å². The third kappa shape index (κ3) is 3.43. The fourth-order valence-electron chi connectivity index (χ4n) is 3.31. The summed E-state index contributed by atoms with van der Waals surface area (Å²) in [5.41, 5.74) is 3.29. The standard InChI is InChI=1S/C19H21N5O2/c1-14-10-22-17(11-21-14)19(25)24-7-8-26-13-15(12-24)9-16-18-3-2-5-23(18)6-4-20-16/h2-6,10-11,15H,7-9,12-13H2,1H3/t15-/m1/s1. The van der Waals surface area contributed by atoms with Crippen molar-refractivity contribution in [3.63, 3.8) is 0 Å². The van der Waals surface area contributed by atoms with Crippen LogP contribution >= 0.6 is 0 Å². The van der Waals surface area contributed by atoms with Gasteiger partial charge in [-0.2, -0.15) is 0 Å². The van der Waals surface area contributed by atoms with Crippen molar-refractivity contribution in [2.45, 2.75) is 13.3 Å². The number of hydrogen-bond donors (Lipinski definition) is 0. The first-order valence-corrected chi connectivity index (χ1v) is 8.77. The molecule has 3 aromatic rings. The molecule has 0 saturated carbocycles. The van der Waals surface area contributed by atoms with Crippen molar-refractivity contribution in [2.75, 3.05) is 26.3 Å². The molecule has 7 heteroatoms. The first kappa shape index (κ1) is 16.7. The average Bonchev–Trinajstić information content (AvgIpc) is 3.02. The lowest BCUT2D eigenvalue weighted by Crippen LogP contribution is -2.37. The summed E-state index contributed by atoms with van der Waals surface area (Å²) >= 11 is 0. The zero-order valence-electron chi connectivity index (χ0n) is 14.7. The molecule has 4 heterocycles. The van der Waals surface area contributed by atoms with Gasteiger partial charge in [-0.3, -0.25) is 14.8 Å². The maximum atomic E-state index is 12.8. The molecule has 1 aliphatic heterocycles. The van der Waals surface area contributed by atoms with E-state index in [2.05, 4.69) is 25.4 Å². The van der Waals surface area contributed by atoms with E-state index in [4.69, 9.17) is 4.74 Å². The van der Waals surface area contributed by atoms with Crippen LogP contribution in [0.1, 0.15) is 21.9 Å². The molecule has 134 valence electrons. The zero-order valence-corrected chi connectivity index (χ0v) is 14.7. The number of hydrogen-bond acceptors (Lipinski definition) is 5. The fourth-order valence-corrected chi connectivity index (χ4v) is 3.31. The molecular weight excluding hydrogens is 330 g/mol. The Morgan fingerprint density at radius 2 is 2.19 bits per heavy atom. The first-order chi connectivity index (χ1) is 12.7. The quantitative estimate of drug-likeness (QED) is 0.719. The van der Waals surface area contributed by atoms with Gasteiger partial charge in [0.2, 0.25) is 0 Å². The van der Waals surface area contributed by atoms with Crippen molar-refractivity contribution in [3.8, 4) is 0 Å². The third-order valence-electron chi connectivity index (χ3n) is 4.64. The molecule has 1 atom stereocenters. The van der Waals surface area contributed by atoms with E-state index in [9.17, 15) is 4.79 Å². The number of rotatable bonds is 3. The van der Waals surface area contributed by atoms with Gasteiger partial charge in [0.1, 0.15) is 5.69 Å². The summed E-state index contributed by atoms with van der Waals surface area (Å²) < 4.78 is 7.80. The monoisotopic (exact) mass is 351 g/mol. The highest BCUT2D eigenvalue weighted by Gasteiger charge is 2.25. The van der Waals surface area contributed by atoms with Gasteiger partial charge < -0.3 is 14.0 Å². The van der Waals surface area contributed by atoms with Crippen molar-refractivity contribution in [2.24, 2.45) is 5.92 Å². The molecule has 3 aromatic heterocycles. The van der Waals surface area contributed by atoms with Crippen molar-refractivity contribution in [3.05, 3.63) is 60.2 Å². The highest BCUT2D eigenvalue weighted by atomic mass is 16.5. The van der Waals surface area contributed by atoms with Crippen molar-refractivity contribution >= 4 is 11.4 Å². The van der Waals surface area contributed by atoms with E-state index in [1.54, 1.807) is 12.4 Å². The van der Waals surface area contributed by atoms with Gasteiger partial charge in [0.25, 0.3) is 5.91 Å². The predicted molar refractivity (Wildman–Crippen MR) is 95.9 cm³/mol. The fraction of sp³-hybridized carbons (Fsp3) is 0.368. The second-order valence-electron chi connectivity index (χ2n) is 6.61. The van der Waals surface area contributed by atoms with E-state index in [0.29, 0.717) is 32.0 Å². The Labute approximate surface area is 151 Å². The maximum absolute atomic E-state index is 12.8. The van der Waals surface area contributed by atoms with Crippen LogP contribution in [0.15, 0.2) is 43.1 Å². The molecule has 1 saturated heterocycles. The highest BCUT2D eigenvalue weighted by molar-refractivity contribution is 5.92. The number of aromatic nitrogens is 4. The molecule has 1 fully saturated rings. The minimum Gasteiger partial charge on any atom is -0.379 e. The summed E-state index contributed by atoms with van der Waals surface area (Å²) in [5, 5.41) is 0. The lowest BCUT2D eigenvalue weighted by atomic mass is 10.0. The molecule has 1 amide bonds. The van der Waals surface area contributed by atoms with E-state index < -0.39 is 0 Å². The number of carbonyl (C=O) groups excluding carboxylic acids is 1. The molecule has 0 spiro atoms. The van der Waals surface area contributed by atoms with Gasteiger partial charge in [-0.05, 0) is 25.5 Å². The summed E-state index contributed by atoms with van der Waals surface area (Å²) in [4.78, 5) is 27.5. The van der Waals surface area contributed by atoms with Crippen LogP contribution in [0.3, 0.4) is 0 Å². The Kier molecular flexibility index (Phi) is 4.62. The summed E-state index contributed by atoms with van der Waals surface area (Å²) in [6, 6.07) is 4.07. The molecule has 26 heavy (non-hydrogen) atoms. The smallest absolute Gasteiger partial charge is 0.274 e. The summed E-state index contributed by atoms with van der Waals surface area (Å²) in [7, 11) is 0. The lowest BCUT2D eigenvalue weighted by Gasteiger charge is -2.23. The van der Waals surface area contributed by atoms with Gasteiger partial charge in [0.05, 0.1) is 36.3 Å². The van der Waals surface area contributed by atoms with Gasteiger partial charge in [-0.15, -0.1) is 0 Å². The second-order valence-corrected chi connectivity index (χ2v) is 6.61. The summed E-state index contributed by atoms with van der Waals surface area (Å²) in [6.07, 6.45) is 9.68. The van der Waals surface area contributed by atoms with E-state index in [1.807, 2.05) is 36.5 Å². The third-order valence-corrected chi connectivity index (χ3v) is 4.64. The van der Waals surface area contributed by atoms with Crippen LogP contribution in [0.25, 0.3) is 5.52 Å². The number of carbonyl (C=O) groups is 1. The van der Waals surface area contributed by atoms with Crippen LogP contribution in [0, 0.1) is 12.8 Å². The van der Waals surface area contributed by atoms with Crippen molar-refractivity contribution < 1.29 is 9.53 Å². The highest BCUT2D eigenvalue weighted by Crippen LogP contribution is 2.18. The van der Waals surface area contributed by atoms with Crippen LogP contribution < -0.4 is 0 Å². The van der Waals surface area contributed by atoms with E-state index >= 15 is 0 Å². The molecule has 0 radical (unpaired) electrons. The maximum Gasteiger partial charge on any atom is 0.274 e. The number of fused-ring (bicyclic) bond motifs is 1. The average molecular weight is 351 g/mol. The Bertz CT molecular complexity index is 906. The van der Waals surface area contributed by atoms with Gasteiger partial charge >= 0.3 is 0 Å². The Morgan fingerprint density at radius 1 is 1.27 bits per heavy atom. The van der Waals surface area contributed by atoms with Crippen LogP contribution in [-0.4, -0.2) is 56.5 Å².